The molecule has 1 saturated carbocycles. The summed E-state index contributed by atoms with van der Waals surface area (Å²) in [6, 6.07) is 14.7. The van der Waals surface area contributed by atoms with Crippen LogP contribution in [0, 0.1) is 11.8 Å². The summed E-state index contributed by atoms with van der Waals surface area (Å²) < 4.78 is 5.43. The number of nitrogens with zero attached hydrogens (tertiary/aromatic N) is 3. The first-order valence-electron chi connectivity index (χ1n) is 14.0. The van der Waals surface area contributed by atoms with Gasteiger partial charge in [0.25, 0.3) is 0 Å². The van der Waals surface area contributed by atoms with E-state index in [9.17, 15) is 9.59 Å². The number of hydrogen-bond donors (Lipinski definition) is 2. The second-order valence-corrected chi connectivity index (χ2v) is 12.0. The average molecular weight is 520 g/mol. The van der Waals surface area contributed by atoms with E-state index in [1.54, 1.807) is 6.92 Å². The molecule has 2 N–H and O–H groups in total. The van der Waals surface area contributed by atoms with Crippen LogP contribution >= 0.6 is 0 Å². The highest BCUT2D eigenvalue weighted by molar-refractivity contribution is 5.94. The molecule has 1 aliphatic carbocycles. The molecule has 0 bridgehead atoms. The van der Waals surface area contributed by atoms with Crippen molar-refractivity contribution in [1.29, 1.82) is 0 Å². The molecule has 38 heavy (non-hydrogen) atoms. The zero-order valence-corrected chi connectivity index (χ0v) is 23.2. The summed E-state index contributed by atoms with van der Waals surface area (Å²) in [4.78, 5) is 34.6. The molecular formula is C30H41N5O3. The number of nitrogens with one attached hydrogen (secondary N) is 2. The second-order valence-electron chi connectivity index (χ2n) is 12.0. The number of carbonyl (C=O) groups is 2. The van der Waals surface area contributed by atoms with Gasteiger partial charge in [-0.1, -0.05) is 25.1 Å². The fourth-order valence-electron chi connectivity index (χ4n) is 6.01. The van der Waals surface area contributed by atoms with E-state index < -0.39 is 5.60 Å². The fraction of sp³-hybridized carbons (Fsp3) is 0.567. The number of ether oxygens (including phenoxy) is 1. The first kappa shape index (κ1) is 26.3. The van der Waals surface area contributed by atoms with Crippen molar-refractivity contribution >= 4 is 29.2 Å². The van der Waals surface area contributed by atoms with Crippen molar-refractivity contribution in [3.63, 3.8) is 0 Å². The quantitative estimate of drug-likeness (QED) is 0.542. The number of carbonyl (C=O) groups excluding carboxylic acids is 2. The van der Waals surface area contributed by atoms with Crippen LogP contribution in [0.2, 0.25) is 0 Å². The third kappa shape index (κ3) is 5.74. The summed E-state index contributed by atoms with van der Waals surface area (Å²) in [5.41, 5.74) is 2.40. The van der Waals surface area contributed by atoms with Gasteiger partial charge in [-0.3, -0.25) is 4.79 Å². The van der Waals surface area contributed by atoms with E-state index in [2.05, 4.69) is 46.7 Å². The maximum Gasteiger partial charge on any atom is 0.407 e. The summed E-state index contributed by atoms with van der Waals surface area (Å²) in [6.07, 6.45) is 3.63. The minimum absolute atomic E-state index is 0.0000703. The average Bonchev–Trinajstić information content (AvgIpc) is 3.70. The molecule has 2 amide bonds. The zero-order chi connectivity index (χ0) is 27.0. The van der Waals surface area contributed by atoms with Crippen molar-refractivity contribution in [3.8, 4) is 0 Å². The lowest BCUT2D eigenvalue weighted by atomic mass is 9.82. The summed E-state index contributed by atoms with van der Waals surface area (Å²) in [6.45, 7) is 11.1. The Bertz CT molecular complexity index is 1150. The van der Waals surface area contributed by atoms with Gasteiger partial charge in [-0.05, 0) is 76.6 Å². The number of hydrogen-bond acceptors (Lipinski definition) is 6. The number of piperidine rings is 1. The Morgan fingerprint density at radius 3 is 2.29 bits per heavy atom. The molecule has 8 nitrogen and oxygen atoms in total. The van der Waals surface area contributed by atoms with Gasteiger partial charge in [-0.15, -0.1) is 0 Å². The Labute approximate surface area is 226 Å². The van der Waals surface area contributed by atoms with Gasteiger partial charge in [-0.2, -0.15) is 0 Å². The molecule has 3 aliphatic rings. The summed E-state index contributed by atoms with van der Waals surface area (Å²) in [5, 5.41) is 6.77. The predicted molar refractivity (Wildman–Crippen MR) is 150 cm³/mol. The van der Waals surface area contributed by atoms with Crippen LogP contribution < -0.4 is 20.4 Å². The molecule has 2 fully saturated rings. The van der Waals surface area contributed by atoms with Gasteiger partial charge < -0.3 is 25.2 Å². The van der Waals surface area contributed by atoms with Crippen LogP contribution in [0.15, 0.2) is 42.5 Å². The van der Waals surface area contributed by atoms with Crippen molar-refractivity contribution in [2.24, 2.45) is 11.8 Å². The smallest absolute Gasteiger partial charge is 0.407 e. The van der Waals surface area contributed by atoms with Crippen LogP contribution in [0.25, 0.3) is 0 Å². The Kier molecular flexibility index (Phi) is 7.25. The monoisotopic (exact) mass is 519 g/mol. The van der Waals surface area contributed by atoms with E-state index in [4.69, 9.17) is 9.72 Å². The molecule has 8 heteroatoms. The first-order chi connectivity index (χ1) is 18.1. The lowest BCUT2D eigenvalue weighted by Gasteiger charge is -2.45. The Morgan fingerprint density at radius 1 is 1.00 bits per heavy atom. The Balaban J connectivity index is 1.38. The SMILES string of the molecule is CC(=O)N1c2ccc(N3CCC(NC(=O)OC(C)(C)C)CC3)nc2C(Nc2ccccc2)[C@@H](C)C1C1CC1. The highest BCUT2D eigenvalue weighted by Crippen LogP contribution is 2.49. The van der Waals surface area contributed by atoms with Crippen molar-refractivity contribution in [2.45, 2.75) is 84.0 Å². The van der Waals surface area contributed by atoms with Gasteiger partial charge in [0.1, 0.15) is 11.4 Å². The van der Waals surface area contributed by atoms with E-state index in [0.717, 1.165) is 48.8 Å². The van der Waals surface area contributed by atoms with Crippen molar-refractivity contribution in [3.05, 3.63) is 48.2 Å². The summed E-state index contributed by atoms with van der Waals surface area (Å²) in [7, 11) is 0. The molecule has 3 atom stereocenters. The largest absolute Gasteiger partial charge is 0.444 e. The molecule has 2 unspecified atom stereocenters. The van der Waals surface area contributed by atoms with Gasteiger partial charge >= 0.3 is 6.09 Å². The lowest BCUT2D eigenvalue weighted by Crippen LogP contribution is -2.51. The number of alkyl carbamates (subject to hydrolysis) is 1. The van der Waals surface area contributed by atoms with E-state index in [0.29, 0.717) is 5.92 Å². The first-order valence-corrected chi connectivity index (χ1v) is 14.0. The van der Waals surface area contributed by atoms with Crippen LogP contribution in [0.3, 0.4) is 0 Å². The maximum absolute atomic E-state index is 12.9. The highest BCUT2D eigenvalue weighted by Gasteiger charge is 2.48. The molecule has 1 aromatic heterocycles. The third-order valence-corrected chi connectivity index (χ3v) is 7.88. The topological polar surface area (TPSA) is 86.8 Å². The molecule has 3 heterocycles. The van der Waals surface area contributed by atoms with E-state index in [-0.39, 0.29) is 36.0 Å². The van der Waals surface area contributed by atoms with Gasteiger partial charge in [0, 0.05) is 43.7 Å². The van der Waals surface area contributed by atoms with Crippen molar-refractivity contribution in [2.75, 3.05) is 28.2 Å². The standard InChI is InChI=1S/C30H41N5O3/c1-19-26(31-22-9-7-6-8-10-22)27-24(35(20(2)36)28(19)21-11-12-21)13-14-25(33-27)34-17-15-23(16-18-34)32-29(37)38-30(3,4)5/h6-10,13-14,19,21,23,26,28,31H,11-12,15-18H2,1-5H3,(H,32,37)/t19-,26?,28?/m1/s1. The van der Waals surface area contributed by atoms with Gasteiger partial charge in [-0.25, -0.2) is 9.78 Å². The number of amides is 2. The van der Waals surface area contributed by atoms with Gasteiger partial charge in [0.2, 0.25) is 5.91 Å². The predicted octanol–water partition coefficient (Wildman–Crippen LogP) is 5.51. The van der Waals surface area contributed by atoms with Crippen molar-refractivity contribution < 1.29 is 14.3 Å². The molecule has 0 spiro atoms. The number of anilines is 3. The molecule has 1 saturated heterocycles. The highest BCUT2D eigenvalue weighted by atomic mass is 16.6. The Hall–Kier alpha value is -3.29. The van der Waals surface area contributed by atoms with Crippen molar-refractivity contribution in [1.82, 2.24) is 10.3 Å². The minimum atomic E-state index is -0.508. The third-order valence-electron chi connectivity index (χ3n) is 7.88. The van der Waals surface area contributed by atoms with E-state index >= 15 is 0 Å². The molecule has 5 rings (SSSR count). The molecule has 2 aliphatic heterocycles. The molecular weight excluding hydrogens is 478 g/mol. The molecule has 0 radical (unpaired) electrons. The number of rotatable bonds is 5. The number of aromatic nitrogens is 1. The Morgan fingerprint density at radius 2 is 1.68 bits per heavy atom. The van der Waals surface area contributed by atoms with E-state index in [1.165, 1.54) is 12.8 Å². The number of para-hydroxylation sites is 1. The number of benzene rings is 1. The van der Waals surface area contributed by atoms with Gasteiger partial charge in [0.05, 0.1) is 17.4 Å². The fourth-order valence-corrected chi connectivity index (χ4v) is 6.01. The molecule has 1 aromatic carbocycles. The summed E-state index contributed by atoms with van der Waals surface area (Å²) in [5.74, 6) is 1.75. The molecule has 204 valence electrons. The maximum atomic E-state index is 12.9. The van der Waals surface area contributed by atoms with Crippen LogP contribution in [0.5, 0.6) is 0 Å². The zero-order valence-electron chi connectivity index (χ0n) is 23.2. The second kappa shape index (κ2) is 10.5. The van der Waals surface area contributed by atoms with Crippen LogP contribution in [0.4, 0.5) is 22.0 Å². The number of pyridine rings is 1. The van der Waals surface area contributed by atoms with Gasteiger partial charge in [0.15, 0.2) is 0 Å². The van der Waals surface area contributed by atoms with Crippen LogP contribution in [-0.4, -0.2) is 47.8 Å². The molecule has 2 aromatic rings. The summed E-state index contributed by atoms with van der Waals surface area (Å²) >= 11 is 0. The van der Waals surface area contributed by atoms with Crippen LogP contribution in [-0.2, 0) is 9.53 Å². The van der Waals surface area contributed by atoms with Crippen LogP contribution in [0.1, 0.15) is 72.0 Å². The minimum Gasteiger partial charge on any atom is -0.444 e. The number of fused-ring (bicyclic) bond motifs is 1. The normalized spacial score (nSPS) is 24.0. The lowest BCUT2D eigenvalue weighted by molar-refractivity contribution is -0.117. The van der Waals surface area contributed by atoms with E-state index in [1.807, 2.05) is 43.9 Å².